The highest BCUT2D eigenvalue weighted by molar-refractivity contribution is 5.74. The monoisotopic (exact) mass is 304 g/mol. The molecule has 22 heavy (non-hydrogen) atoms. The Balaban J connectivity index is 1.82. The fourth-order valence-corrected chi connectivity index (χ4v) is 2.11. The van der Waals surface area contributed by atoms with Crippen molar-refractivity contribution in [3.05, 3.63) is 30.5 Å². The van der Waals surface area contributed by atoms with Gasteiger partial charge in [0.15, 0.2) is 0 Å². The van der Waals surface area contributed by atoms with Crippen molar-refractivity contribution in [2.45, 2.75) is 32.2 Å². The van der Waals surface area contributed by atoms with E-state index >= 15 is 0 Å². The van der Waals surface area contributed by atoms with Crippen LogP contribution in [0, 0.1) is 0 Å². The maximum atomic E-state index is 10.9. The van der Waals surface area contributed by atoms with Gasteiger partial charge in [0.2, 0.25) is 5.91 Å². The standard InChI is InChI=1S/C15H20N4O3/c1-22-13-7-5-6-12(10-13)14-11-19(18-16-14)9-4-2-3-8-15(20)17-21/h5-7,10-11,21H,2-4,8-9H2,1H3,(H,17,20). The number of amides is 1. The molecule has 1 aromatic carbocycles. The summed E-state index contributed by atoms with van der Waals surface area (Å²) in [6.45, 7) is 0.748. The fraction of sp³-hybridized carbons (Fsp3) is 0.400. The summed E-state index contributed by atoms with van der Waals surface area (Å²) >= 11 is 0. The predicted molar refractivity (Wildman–Crippen MR) is 80.4 cm³/mol. The van der Waals surface area contributed by atoms with E-state index in [1.807, 2.05) is 30.5 Å². The molecule has 2 rings (SSSR count). The van der Waals surface area contributed by atoms with E-state index in [4.69, 9.17) is 9.94 Å². The summed E-state index contributed by atoms with van der Waals surface area (Å²) in [7, 11) is 1.63. The zero-order chi connectivity index (χ0) is 15.8. The van der Waals surface area contributed by atoms with Crippen molar-refractivity contribution >= 4 is 5.91 Å². The van der Waals surface area contributed by atoms with Crippen molar-refractivity contribution in [3.63, 3.8) is 0 Å². The van der Waals surface area contributed by atoms with E-state index in [0.29, 0.717) is 6.42 Å². The van der Waals surface area contributed by atoms with Crippen LogP contribution in [0.3, 0.4) is 0 Å². The second kappa shape index (κ2) is 8.14. The van der Waals surface area contributed by atoms with E-state index < -0.39 is 0 Å². The molecule has 118 valence electrons. The van der Waals surface area contributed by atoms with Gasteiger partial charge in [-0.05, 0) is 25.0 Å². The molecule has 7 nitrogen and oxygen atoms in total. The zero-order valence-electron chi connectivity index (χ0n) is 12.5. The van der Waals surface area contributed by atoms with Crippen LogP contribution in [-0.2, 0) is 11.3 Å². The molecule has 2 N–H and O–H groups in total. The van der Waals surface area contributed by atoms with Crippen LogP contribution in [0.25, 0.3) is 11.3 Å². The zero-order valence-corrected chi connectivity index (χ0v) is 12.5. The van der Waals surface area contributed by atoms with Crippen LogP contribution in [-0.4, -0.2) is 33.2 Å². The first-order chi connectivity index (χ1) is 10.7. The van der Waals surface area contributed by atoms with Crippen molar-refractivity contribution in [3.8, 4) is 17.0 Å². The third-order valence-electron chi connectivity index (χ3n) is 3.32. The predicted octanol–water partition coefficient (Wildman–Crippen LogP) is 2.02. The summed E-state index contributed by atoms with van der Waals surface area (Å²) in [4.78, 5) is 10.9. The number of rotatable bonds is 8. The van der Waals surface area contributed by atoms with Gasteiger partial charge < -0.3 is 4.74 Å². The molecule has 2 aromatic rings. The number of aryl methyl sites for hydroxylation is 1. The highest BCUT2D eigenvalue weighted by Gasteiger charge is 2.05. The second-order valence-corrected chi connectivity index (χ2v) is 4.94. The van der Waals surface area contributed by atoms with Crippen LogP contribution >= 0.6 is 0 Å². The largest absolute Gasteiger partial charge is 0.497 e. The molecule has 0 radical (unpaired) electrons. The number of methoxy groups -OCH3 is 1. The van der Waals surface area contributed by atoms with Gasteiger partial charge in [0.05, 0.1) is 13.3 Å². The van der Waals surface area contributed by atoms with Gasteiger partial charge in [0, 0.05) is 18.5 Å². The summed E-state index contributed by atoms with van der Waals surface area (Å²) in [6, 6.07) is 7.68. The number of hydrogen-bond donors (Lipinski definition) is 2. The van der Waals surface area contributed by atoms with Crippen LogP contribution < -0.4 is 10.2 Å². The van der Waals surface area contributed by atoms with E-state index in [1.165, 1.54) is 0 Å². The van der Waals surface area contributed by atoms with Crippen molar-refractivity contribution < 1.29 is 14.7 Å². The van der Waals surface area contributed by atoms with Gasteiger partial charge in [-0.25, -0.2) is 5.48 Å². The summed E-state index contributed by atoms with van der Waals surface area (Å²) in [5.41, 5.74) is 3.40. The SMILES string of the molecule is COc1cccc(-c2cn(CCCCCC(=O)NO)nn2)c1. The summed E-state index contributed by atoms with van der Waals surface area (Å²) < 4.78 is 6.99. The first-order valence-corrected chi connectivity index (χ1v) is 7.20. The third-order valence-corrected chi connectivity index (χ3v) is 3.32. The molecule has 0 atom stereocenters. The molecule has 0 spiro atoms. The average molecular weight is 304 g/mol. The van der Waals surface area contributed by atoms with Gasteiger partial charge in [0.1, 0.15) is 11.4 Å². The molecule has 1 heterocycles. The molecule has 1 amide bonds. The van der Waals surface area contributed by atoms with Crippen molar-refractivity contribution in [2.24, 2.45) is 0 Å². The minimum atomic E-state index is -0.346. The lowest BCUT2D eigenvalue weighted by Gasteiger charge is -2.01. The van der Waals surface area contributed by atoms with E-state index in [0.717, 1.165) is 42.8 Å². The number of hydrogen-bond acceptors (Lipinski definition) is 5. The van der Waals surface area contributed by atoms with Gasteiger partial charge >= 0.3 is 0 Å². The summed E-state index contributed by atoms with van der Waals surface area (Å²) in [5.74, 6) is 0.440. The smallest absolute Gasteiger partial charge is 0.243 e. The molecule has 0 aliphatic rings. The van der Waals surface area contributed by atoms with Crippen LogP contribution in [0.1, 0.15) is 25.7 Å². The number of nitrogens with zero attached hydrogens (tertiary/aromatic N) is 3. The highest BCUT2D eigenvalue weighted by atomic mass is 16.5. The van der Waals surface area contributed by atoms with Crippen LogP contribution in [0.15, 0.2) is 30.5 Å². The maximum absolute atomic E-state index is 10.9. The first kappa shape index (κ1) is 16.0. The Hall–Kier alpha value is -2.41. The number of benzene rings is 1. The Bertz CT molecular complexity index is 612. The average Bonchev–Trinajstić information content (AvgIpc) is 3.03. The van der Waals surface area contributed by atoms with Gasteiger partial charge in [-0.1, -0.05) is 23.8 Å². The van der Waals surface area contributed by atoms with Gasteiger partial charge in [-0.15, -0.1) is 5.10 Å². The number of carbonyl (C=O) groups is 1. The van der Waals surface area contributed by atoms with Gasteiger partial charge in [0.25, 0.3) is 0 Å². The molecule has 0 unspecified atom stereocenters. The number of hydroxylamine groups is 1. The van der Waals surface area contributed by atoms with Crippen molar-refractivity contribution in [1.29, 1.82) is 0 Å². The molecule has 0 aliphatic heterocycles. The molecule has 1 aromatic heterocycles. The molecular formula is C15H20N4O3. The summed E-state index contributed by atoms with van der Waals surface area (Å²) in [5, 5.41) is 16.7. The lowest BCUT2D eigenvalue weighted by Crippen LogP contribution is -2.17. The molecule has 0 bridgehead atoms. The Morgan fingerprint density at radius 2 is 2.23 bits per heavy atom. The Morgan fingerprint density at radius 1 is 1.36 bits per heavy atom. The Morgan fingerprint density at radius 3 is 3.00 bits per heavy atom. The van der Waals surface area contributed by atoms with E-state index in [1.54, 1.807) is 17.3 Å². The molecule has 0 saturated carbocycles. The normalized spacial score (nSPS) is 10.5. The third kappa shape index (κ3) is 4.56. The van der Waals surface area contributed by atoms with Gasteiger partial charge in [-0.3, -0.25) is 14.7 Å². The quantitative estimate of drug-likeness (QED) is 0.442. The van der Waals surface area contributed by atoms with Crippen LogP contribution in [0.2, 0.25) is 0 Å². The minimum Gasteiger partial charge on any atom is -0.497 e. The highest BCUT2D eigenvalue weighted by Crippen LogP contribution is 2.21. The lowest BCUT2D eigenvalue weighted by atomic mass is 10.1. The number of aromatic nitrogens is 3. The van der Waals surface area contributed by atoms with Gasteiger partial charge in [-0.2, -0.15) is 0 Å². The van der Waals surface area contributed by atoms with Crippen LogP contribution in [0.4, 0.5) is 0 Å². The number of nitrogens with one attached hydrogen (secondary N) is 1. The molecular weight excluding hydrogens is 284 g/mol. The number of unbranched alkanes of at least 4 members (excludes halogenated alkanes) is 2. The number of ether oxygens (including phenoxy) is 1. The van der Waals surface area contributed by atoms with Crippen LogP contribution in [0.5, 0.6) is 5.75 Å². The Labute approximate surface area is 128 Å². The van der Waals surface area contributed by atoms with Crippen molar-refractivity contribution in [1.82, 2.24) is 20.5 Å². The second-order valence-electron chi connectivity index (χ2n) is 4.94. The minimum absolute atomic E-state index is 0.336. The van der Waals surface area contributed by atoms with E-state index in [-0.39, 0.29) is 5.91 Å². The maximum Gasteiger partial charge on any atom is 0.243 e. The van der Waals surface area contributed by atoms with Crippen molar-refractivity contribution in [2.75, 3.05) is 7.11 Å². The molecule has 0 fully saturated rings. The molecule has 7 heteroatoms. The fourth-order valence-electron chi connectivity index (χ4n) is 2.11. The topological polar surface area (TPSA) is 89.3 Å². The van der Waals surface area contributed by atoms with E-state index in [2.05, 4.69) is 10.3 Å². The first-order valence-electron chi connectivity index (χ1n) is 7.20. The molecule has 0 saturated heterocycles. The molecule has 0 aliphatic carbocycles. The number of carbonyl (C=O) groups excluding carboxylic acids is 1. The van der Waals surface area contributed by atoms with E-state index in [9.17, 15) is 4.79 Å². The lowest BCUT2D eigenvalue weighted by molar-refractivity contribution is -0.129. The Kier molecular flexibility index (Phi) is 5.91. The summed E-state index contributed by atoms with van der Waals surface area (Å²) in [6.07, 6.45) is 4.77.